The maximum Gasteiger partial charge on any atom is 0.316 e. The van der Waals surface area contributed by atoms with Gasteiger partial charge in [-0.2, -0.15) is 0 Å². The molecule has 4 bridgehead atoms. The summed E-state index contributed by atoms with van der Waals surface area (Å²) in [6, 6.07) is 0. The van der Waals surface area contributed by atoms with Gasteiger partial charge in [0.25, 0.3) is 0 Å². The number of hydrogen-bond acceptors (Lipinski definition) is 5. The highest BCUT2D eigenvalue weighted by Crippen LogP contribution is 2.77. The summed E-state index contributed by atoms with van der Waals surface area (Å²) in [6.07, 6.45) is 4.11. The molecule has 0 unspecified atom stereocenters. The number of carbonyl (C=O) groups is 2. The fraction of sp³-hybridized carbons (Fsp3) is 0.684. The first kappa shape index (κ1) is 15.6. The number of hydrogen-bond donors (Lipinski definition) is 3. The zero-order chi connectivity index (χ0) is 18.0. The van der Waals surface area contributed by atoms with Crippen LogP contribution in [0.4, 0.5) is 0 Å². The fourth-order valence-electron chi connectivity index (χ4n) is 7.13. The first-order chi connectivity index (χ1) is 11.6. The minimum Gasteiger partial charge on any atom is -0.481 e. The zero-order valence-electron chi connectivity index (χ0n) is 14.1. The van der Waals surface area contributed by atoms with Crippen molar-refractivity contribution in [3.63, 3.8) is 0 Å². The fourth-order valence-corrected chi connectivity index (χ4v) is 7.13. The predicted molar refractivity (Wildman–Crippen MR) is 85.2 cm³/mol. The van der Waals surface area contributed by atoms with Crippen molar-refractivity contribution in [2.24, 2.45) is 28.6 Å². The third kappa shape index (κ3) is 1.36. The highest BCUT2D eigenvalue weighted by Gasteiger charge is 2.83. The lowest BCUT2D eigenvalue weighted by atomic mass is 9.61. The molecule has 4 aliphatic carbocycles. The predicted octanol–water partition coefficient (Wildman–Crippen LogP) is 1.03. The van der Waals surface area contributed by atoms with Gasteiger partial charge >= 0.3 is 11.9 Å². The number of carboxylic acids is 1. The Morgan fingerprint density at radius 2 is 2.16 bits per heavy atom. The summed E-state index contributed by atoms with van der Waals surface area (Å²) in [5.41, 5.74) is -3.29. The number of rotatable bonds is 1. The largest absolute Gasteiger partial charge is 0.481 e. The molecule has 1 heterocycles. The Morgan fingerprint density at radius 1 is 1.44 bits per heavy atom. The van der Waals surface area contributed by atoms with Crippen molar-refractivity contribution in [1.82, 2.24) is 0 Å². The van der Waals surface area contributed by atoms with Crippen molar-refractivity contribution in [3.05, 3.63) is 24.3 Å². The Labute approximate surface area is 145 Å². The Bertz CT molecular complexity index is 772. The van der Waals surface area contributed by atoms with E-state index in [0.29, 0.717) is 31.3 Å². The van der Waals surface area contributed by atoms with Crippen LogP contribution < -0.4 is 0 Å². The van der Waals surface area contributed by atoms with Crippen LogP contribution in [0.3, 0.4) is 0 Å². The first-order valence-corrected chi connectivity index (χ1v) is 8.86. The van der Waals surface area contributed by atoms with Crippen LogP contribution in [0, 0.1) is 28.6 Å². The van der Waals surface area contributed by atoms with Crippen LogP contribution in [0.1, 0.15) is 32.6 Å². The number of aliphatic hydroxyl groups excluding tert-OH is 1. The molecule has 3 saturated carbocycles. The van der Waals surface area contributed by atoms with Crippen molar-refractivity contribution in [2.75, 3.05) is 0 Å². The first-order valence-electron chi connectivity index (χ1n) is 8.86. The third-order valence-corrected chi connectivity index (χ3v) is 8.12. The number of aliphatic carboxylic acids is 1. The van der Waals surface area contributed by atoms with E-state index in [1.165, 1.54) is 0 Å². The summed E-state index contributed by atoms with van der Waals surface area (Å²) in [6.45, 7) is 5.64. The van der Waals surface area contributed by atoms with E-state index in [9.17, 15) is 24.9 Å². The molecule has 0 aromatic carbocycles. The summed E-state index contributed by atoms with van der Waals surface area (Å²) in [7, 11) is 0. The summed E-state index contributed by atoms with van der Waals surface area (Å²) >= 11 is 0. The molecule has 0 amide bonds. The molecular weight excluding hydrogens is 324 g/mol. The van der Waals surface area contributed by atoms with E-state index in [2.05, 4.69) is 6.58 Å². The van der Waals surface area contributed by atoms with Crippen LogP contribution in [0.25, 0.3) is 0 Å². The molecule has 4 fully saturated rings. The second kappa shape index (κ2) is 4.01. The molecular formula is C19H22O6. The number of esters is 1. The lowest BCUT2D eigenvalue weighted by Gasteiger charge is -2.44. The summed E-state index contributed by atoms with van der Waals surface area (Å²) in [4.78, 5) is 25.1. The average Bonchev–Trinajstić information content (AvgIpc) is 2.95. The molecule has 1 saturated heterocycles. The molecule has 0 aromatic rings. The van der Waals surface area contributed by atoms with Crippen LogP contribution in [0.5, 0.6) is 0 Å². The van der Waals surface area contributed by atoms with Gasteiger partial charge in [-0.1, -0.05) is 12.7 Å². The van der Waals surface area contributed by atoms with Gasteiger partial charge in [0.15, 0.2) is 0 Å². The maximum absolute atomic E-state index is 12.7. The van der Waals surface area contributed by atoms with Gasteiger partial charge in [0, 0.05) is 11.8 Å². The van der Waals surface area contributed by atoms with E-state index in [4.69, 9.17) is 4.74 Å². The van der Waals surface area contributed by atoms with Crippen molar-refractivity contribution in [1.29, 1.82) is 0 Å². The smallest absolute Gasteiger partial charge is 0.316 e. The molecule has 8 atom stereocenters. The lowest BCUT2D eigenvalue weighted by molar-refractivity contribution is -0.163. The summed E-state index contributed by atoms with van der Waals surface area (Å²) < 4.78 is 5.87. The molecule has 1 aliphatic heterocycles. The van der Waals surface area contributed by atoms with E-state index >= 15 is 0 Å². The van der Waals surface area contributed by atoms with Gasteiger partial charge in [0.2, 0.25) is 0 Å². The van der Waals surface area contributed by atoms with Gasteiger partial charge in [-0.3, -0.25) is 9.59 Å². The second-order valence-electron chi connectivity index (χ2n) is 8.94. The number of carboxylic acid groups (broad SMARTS) is 1. The Morgan fingerprint density at radius 3 is 2.84 bits per heavy atom. The normalized spacial score (nSPS) is 58.0. The Balaban J connectivity index is 1.78. The molecule has 6 heteroatoms. The minimum absolute atomic E-state index is 0.180. The molecule has 3 N–H and O–H groups in total. The molecule has 25 heavy (non-hydrogen) atoms. The quantitative estimate of drug-likeness (QED) is 0.484. The number of carbonyl (C=O) groups excluding carboxylic acids is 1. The van der Waals surface area contributed by atoms with E-state index in [0.717, 1.165) is 0 Å². The molecule has 6 nitrogen and oxygen atoms in total. The van der Waals surface area contributed by atoms with Crippen molar-refractivity contribution >= 4 is 11.9 Å². The maximum atomic E-state index is 12.7. The summed E-state index contributed by atoms with van der Waals surface area (Å²) in [5, 5.41) is 31.6. The zero-order valence-corrected chi connectivity index (χ0v) is 14.1. The van der Waals surface area contributed by atoms with Crippen molar-refractivity contribution < 1.29 is 29.6 Å². The second-order valence-corrected chi connectivity index (χ2v) is 8.94. The highest BCUT2D eigenvalue weighted by molar-refractivity contribution is 5.86. The van der Waals surface area contributed by atoms with E-state index in [-0.39, 0.29) is 5.92 Å². The number of aliphatic hydroxyl groups is 2. The Kier molecular flexibility index (Phi) is 2.50. The van der Waals surface area contributed by atoms with Crippen LogP contribution in [-0.2, 0) is 14.3 Å². The highest BCUT2D eigenvalue weighted by atomic mass is 16.6. The lowest BCUT2D eigenvalue weighted by Crippen LogP contribution is -2.50. The molecule has 0 radical (unpaired) electrons. The van der Waals surface area contributed by atoms with Gasteiger partial charge in [0.05, 0.1) is 17.6 Å². The van der Waals surface area contributed by atoms with Gasteiger partial charge in [-0.25, -0.2) is 0 Å². The molecule has 0 aromatic heterocycles. The monoisotopic (exact) mass is 346 g/mol. The van der Waals surface area contributed by atoms with E-state index < -0.39 is 51.9 Å². The van der Waals surface area contributed by atoms with E-state index in [1.54, 1.807) is 19.1 Å². The van der Waals surface area contributed by atoms with Gasteiger partial charge in [-0.15, -0.1) is 0 Å². The van der Waals surface area contributed by atoms with E-state index in [1.807, 2.05) is 0 Å². The van der Waals surface area contributed by atoms with Crippen molar-refractivity contribution in [3.8, 4) is 0 Å². The van der Waals surface area contributed by atoms with Crippen molar-refractivity contribution in [2.45, 2.75) is 49.9 Å². The van der Waals surface area contributed by atoms with Gasteiger partial charge < -0.3 is 20.1 Å². The summed E-state index contributed by atoms with van der Waals surface area (Å²) in [5.74, 6) is -3.18. The van der Waals surface area contributed by atoms with Gasteiger partial charge in [-0.05, 0) is 49.7 Å². The SMILES string of the molecule is C=C1C[C@]23C[C@@]1(O)CC[C@H]2[C@]12C=C[C@H](O)[C@](C)(C(=O)O1)[C@@H]2[C@@H]3C(=O)O. The average molecular weight is 346 g/mol. The standard InChI is InChI=1S/C19H22O6/c1-9-7-17-8-18(9,24)5-3-10(17)19-6-4-11(20)16(2,15(23)25-19)13(19)12(17)14(21)22/h4,6,10-13,20,24H,1,3,5,7-8H2,2H3,(H,21,22)/t10-,11+,12-,13+,16+,17+,18+,19+/m1/s1. The molecule has 1 spiro atoms. The Hall–Kier alpha value is -1.66. The molecule has 5 rings (SSSR count). The molecule has 5 aliphatic rings. The van der Waals surface area contributed by atoms with Crippen LogP contribution in [-0.4, -0.2) is 44.6 Å². The molecule has 134 valence electrons. The van der Waals surface area contributed by atoms with Crippen LogP contribution in [0.2, 0.25) is 0 Å². The minimum atomic E-state index is -1.27. The number of ether oxygens (including phenoxy) is 1. The topological polar surface area (TPSA) is 104 Å². The van der Waals surface area contributed by atoms with Crippen LogP contribution >= 0.6 is 0 Å². The number of fused-ring (bicyclic) bond motifs is 1. The van der Waals surface area contributed by atoms with Crippen LogP contribution in [0.15, 0.2) is 24.3 Å². The third-order valence-electron chi connectivity index (χ3n) is 8.12. The van der Waals surface area contributed by atoms with Gasteiger partial charge in [0.1, 0.15) is 11.0 Å².